The van der Waals surface area contributed by atoms with Crippen LogP contribution in [0.4, 0.5) is 0 Å². The predicted molar refractivity (Wildman–Crippen MR) is 104 cm³/mol. The lowest BCUT2D eigenvalue weighted by atomic mass is 9.87. The maximum Gasteiger partial charge on any atom is 0.248 e. The minimum atomic E-state index is -0.389. The molecule has 138 valence electrons. The highest BCUT2D eigenvalue weighted by Gasteiger charge is 2.35. The van der Waals surface area contributed by atoms with Crippen molar-refractivity contribution in [2.24, 2.45) is 11.1 Å². The van der Waals surface area contributed by atoms with E-state index in [1.54, 1.807) is 12.1 Å². The van der Waals surface area contributed by atoms with E-state index in [0.29, 0.717) is 5.56 Å². The van der Waals surface area contributed by atoms with E-state index in [1.807, 2.05) is 18.2 Å². The Hall–Kier alpha value is -2.17. The summed E-state index contributed by atoms with van der Waals surface area (Å²) in [6.07, 6.45) is 0.227. The van der Waals surface area contributed by atoms with Crippen LogP contribution in [0, 0.1) is 5.41 Å². The first kappa shape index (κ1) is 18.6. The first-order valence-corrected chi connectivity index (χ1v) is 9.14. The van der Waals surface area contributed by atoms with Crippen LogP contribution in [0.3, 0.4) is 0 Å². The van der Waals surface area contributed by atoms with Crippen molar-refractivity contribution >= 4 is 5.91 Å². The van der Waals surface area contributed by atoms with E-state index in [4.69, 9.17) is 10.5 Å². The Balaban J connectivity index is 1.77. The summed E-state index contributed by atoms with van der Waals surface area (Å²) in [7, 11) is 0. The lowest BCUT2D eigenvalue weighted by Gasteiger charge is -2.43. The van der Waals surface area contributed by atoms with Crippen LogP contribution in [0.2, 0.25) is 0 Å². The van der Waals surface area contributed by atoms with E-state index in [0.717, 1.165) is 19.6 Å². The number of hydrogen-bond donors (Lipinski definition) is 1. The molecule has 1 heterocycles. The third-order valence-corrected chi connectivity index (χ3v) is 4.96. The van der Waals surface area contributed by atoms with Crippen molar-refractivity contribution in [1.82, 2.24) is 4.90 Å². The fourth-order valence-corrected chi connectivity index (χ4v) is 3.32. The van der Waals surface area contributed by atoms with E-state index < -0.39 is 0 Å². The molecule has 4 nitrogen and oxygen atoms in total. The number of nitrogens with zero attached hydrogens (tertiary/aromatic N) is 1. The molecule has 1 fully saturated rings. The number of ether oxygens (including phenoxy) is 1. The molecule has 1 aliphatic rings. The highest BCUT2D eigenvalue weighted by Crippen LogP contribution is 2.34. The van der Waals surface area contributed by atoms with E-state index in [2.05, 4.69) is 49.9 Å². The van der Waals surface area contributed by atoms with E-state index in [-0.39, 0.29) is 23.5 Å². The zero-order chi connectivity index (χ0) is 18.7. The molecule has 3 rings (SSSR count). The van der Waals surface area contributed by atoms with Crippen molar-refractivity contribution in [1.29, 1.82) is 0 Å². The first-order valence-electron chi connectivity index (χ1n) is 9.14. The van der Waals surface area contributed by atoms with Gasteiger partial charge in [0.05, 0.1) is 12.2 Å². The lowest BCUT2D eigenvalue weighted by Crippen LogP contribution is -2.48. The Labute approximate surface area is 156 Å². The van der Waals surface area contributed by atoms with Gasteiger partial charge in [-0.05, 0) is 28.7 Å². The number of carbonyl (C=O) groups excluding carboxylic acids is 1. The van der Waals surface area contributed by atoms with Gasteiger partial charge in [0, 0.05) is 25.2 Å². The van der Waals surface area contributed by atoms with Gasteiger partial charge in [-0.25, -0.2) is 0 Å². The Bertz CT molecular complexity index is 735. The van der Waals surface area contributed by atoms with E-state index in [9.17, 15) is 4.79 Å². The molecule has 0 aromatic heterocycles. The topological polar surface area (TPSA) is 55.6 Å². The molecule has 26 heavy (non-hydrogen) atoms. The van der Waals surface area contributed by atoms with Gasteiger partial charge >= 0.3 is 0 Å². The minimum absolute atomic E-state index is 0.0686. The molecule has 2 atom stereocenters. The van der Waals surface area contributed by atoms with Gasteiger partial charge < -0.3 is 10.5 Å². The maximum absolute atomic E-state index is 11.3. The van der Waals surface area contributed by atoms with Crippen LogP contribution in [0.15, 0.2) is 54.6 Å². The van der Waals surface area contributed by atoms with Crippen molar-refractivity contribution < 1.29 is 9.53 Å². The second-order valence-corrected chi connectivity index (χ2v) is 8.15. The standard InChI is InChI=1S/C22H28N2O2/c1-22(2,3)20-15-24(13-16-9-11-18(12-10-16)21(23)25)14-19(26-20)17-7-5-4-6-8-17/h4-12,19-20H,13-15H2,1-3H3,(H2,23,25)/t19-,20+/m0/s1. The number of hydrogen-bond acceptors (Lipinski definition) is 3. The van der Waals surface area contributed by atoms with Crippen LogP contribution in [0.25, 0.3) is 0 Å². The van der Waals surface area contributed by atoms with Gasteiger partial charge in [0.1, 0.15) is 0 Å². The lowest BCUT2D eigenvalue weighted by molar-refractivity contribution is -0.130. The van der Waals surface area contributed by atoms with Crippen molar-refractivity contribution in [2.75, 3.05) is 13.1 Å². The molecular formula is C22H28N2O2. The number of morpholine rings is 1. The van der Waals surface area contributed by atoms with Crippen molar-refractivity contribution in [3.05, 3.63) is 71.3 Å². The summed E-state index contributed by atoms with van der Waals surface area (Å²) in [5.74, 6) is -0.389. The number of benzene rings is 2. The Morgan fingerprint density at radius 2 is 1.73 bits per heavy atom. The SMILES string of the molecule is CC(C)(C)[C@H]1CN(Cc2ccc(C(N)=O)cc2)C[C@@H](c2ccccc2)O1. The summed E-state index contributed by atoms with van der Waals surface area (Å²) in [5, 5.41) is 0. The van der Waals surface area contributed by atoms with Gasteiger partial charge in [0.15, 0.2) is 0 Å². The molecule has 2 N–H and O–H groups in total. The zero-order valence-corrected chi connectivity index (χ0v) is 15.8. The molecular weight excluding hydrogens is 324 g/mol. The molecule has 1 amide bonds. The zero-order valence-electron chi connectivity index (χ0n) is 15.8. The van der Waals surface area contributed by atoms with Gasteiger partial charge in [-0.2, -0.15) is 0 Å². The quantitative estimate of drug-likeness (QED) is 0.911. The van der Waals surface area contributed by atoms with Crippen LogP contribution in [-0.4, -0.2) is 30.0 Å². The van der Waals surface area contributed by atoms with E-state index >= 15 is 0 Å². The second-order valence-electron chi connectivity index (χ2n) is 8.15. The second kappa shape index (κ2) is 7.60. The molecule has 1 aliphatic heterocycles. The Kier molecular flexibility index (Phi) is 5.44. The number of rotatable bonds is 4. The maximum atomic E-state index is 11.3. The first-order chi connectivity index (χ1) is 12.3. The summed E-state index contributed by atoms with van der Waals surface area (Å²) in [4.78, 5) is 13.7. The minimum Gasteiger partial charge on any atom is -0.367 e. The third kappa shape index (κ3) is 4.51. The molecule has 0 saturated carbocycles. The number of carbonyl (C=O) groups is 1. The molecule has 1 saturated heterocycles. The summed E-state index contributed by atoms with van der Waals surface area (Å²) >= 11 is 0. The Morgan fingerprint density at radius 1 is 1.08 bits per heavy atom. The van der Waals surface area contributed by atoms with Crippen LogP contribution >= 0.6 is 0 Å². The molecule has 0 radical (unpaired) electrons. The molecule has 0 aliphatic carbocycles. The summed E-state index contributed by atoms with van der Waals surface area (Å²) in [5.41, 5.74) is 8.34. The summed E-state index contributed by atoms with van der Waals surface area (Å²) in [6, 6.07) is 18.0. The van der Waals surface area contributed by atoms with Gasteiger partial charge in [-0.1, -0.05) is 63.2 Å². The van der Waals surface area contributed by atoms with E-state index in [1.165, 1.54) is 11.1 Å². The summed E-state index contributed by atoms with van der Waals surface area (Å²) < 4.78 is 6.45. The van der Waals surface area contributed by atoms with Gasteiger partial charge in [-0.3, -0.25) is 9.69 Å². The predicted octanol–water partition coefficient (Wildman–Crippen LogP) is 3.77. The smallest absolute Gasteiger partial charge is 0.248 e. The fourth-order valence-electron chi connectivity index (χ4n) is 3.32. The normalized spacial score (nSPS) is 21.5. The van der Waals surface area contributed by atoms with Crippen molar-refractivity contribution in [3.8, 4) is 0 Å². The molecule has 2 aromatic rings. The highest BCUT2D eigenvalue weighted by molar-refractivity contribution is 5.92. The number of amides is 1. The molecule has 4 heteroatoms. The van der Waals surface area contributed by atoms with Crippen LogP contribution in [0.5, 0.6) is 0 Å². The Morgan fingerprint density at radius 3 is 2.31 bits per heavy atom. The van der Waals surface area contributed by atoms with Crippen LogP contribution in [0.1, 0.15) is 48.4 Å². The molecule has 0 spiro atoms. The number of nitrogens with two attached hydrogens (primary N) is 1. The fraction of sp³-hybridized carbons (Fsp3) is 0.409. The van der Waals surface area contributed by atoms with Crippen LogP contribution in [-0.2, 0) is 11.3 Å². The number of primary amides is 1. The van der Waals surface area contributed by atoms with Gasteiger partial charge in [0.25, 0.3) is 0 Å². The van der Waals surface area contributed by atoms with Crippen LogP contribution < -0.4 is 5.73 Å². The van der Waals surface area contributed by atoms with Crippen molar-refractivity contribution in [2.45, 2.75) is 39.5 Å². The van der Waals surface area contributed by atoms with Gasteiger partial charge in [-0.15, -0.1) is 0 Å². The monoisotopic (exact) mass is 352 g/mol. The molecule has 0 bridgehead atoms. The molecule has 0 unspecified atom stereocenters. The average Bonchev–Trinajstić information content (AvgIpc) is 2.62. The largest absolute Gasteiger partial charge is 0.367 e. The average molecular weight is 352 g/mol. The summed E-state index contributed by atoms with van der Waals surface area (Å²) in [6.45, 7) is 9.26. The van der Waals surface area contributed by atoms with Crippen molar-refractivity contribution in [3.63, 3.8) is 0 Å². The van der Waals surface area contributed by atoms with Gasteiger partial charge in [0.2, 0.25) is 5.91 Å². The third-order valence-electron chi connectivity index (χ3n) is 4.96. The molecule has 2 aromatic carbocycles. The highest BCUT2D eigenvalue weighted by atomic mass is 16.5.